The number of aryl methyl sites for hydroxylation is 1. The maximum atomic E-state index is 12.8. The van der Waals surface area contributed by atoms with Crippen molar-refractivity contribution in [1.29, 1.82) is 0 Å². The lowest BCUT2D eigenvalue weighted by Gasteiger charge is -2.26. The van der Waals surface area contributed by atoms with Crippen LogP contribution in [0.4, 0.5) is 0 Å². The van der Waals surface area contributed by atoms with Gasteiger partial charge in [0.15, 0.2) is 0 Å². The Morgan fingerprint density at radius 1 is 1.24 bits per heavy atom. The largest absolute Gasteiger partial charge is 0.379 e. The minimum Gasteiger partial charge on any atom is -0.379 e. The van der Waals surface area contributed by atoms with Crippen LogP contribution in [-0.2, 0) is 21.2 Å². The van der Waals surface area contributed by atoms with E-state index in [1.807, 2.05) is 19.1 Å². The number of hydrogen-bond acceptors (Lipinski definition) is 4. The van der Waals surface area contributed by atoms with Gasteiger partial charge in [-0.2, -0.15) is 4.31 Å². The van der Waals surface area contributed by atoms with E-state index in [1.54, 1.807) is 18.3 Å². The topological polar surface area (TPSA) is 59.5 Å². The van der Waals surface area contributed by atoms with Crippen molar-refractivity contribution in [3.8, 4) is 0 Å². The van der Waals surface area contributed by atoms with Gasteiger partial charge in [-0.05, 0) is 30.2 Å². The molecule has 0 atom stereocenters. The second-order valence-corrected chi connectivity index (χ2v) is 6.90. The molecule has 0 radical (unpaired) electrons. The van der Waals surface area contributed by atoms with Crippen molar-refractivity contribution >= 4 is 20.9 Å². The average Bonchev–Trinajstić information content (AvgIpc) is 2.54. The number of morpholine rings is 1. The summed E-state index contributed by atoms with van der Waals surface area (Å²) in [6, 6.07) is 7.17. The number of aromatic nitrogens is 1. The minimum atomic E-state index is -3.50. The molecule has 0 N–H and O–H groups in total. The molecule has 0 aliphatic carbocycles. The lowest BCUT2D eigenvalue weighted by Crippen LogP contribution is -2.40. The quantitative estimate of drug-likeness (QED) is 0.868. The lowest BCUT2D eigenvalue weighted by atomic mass is 10.1. The van der Waals surface area contributed by atoms with Gasteiger partial charge in [-0.25, -0.2) is 8.42 Å². The number of benzene rings is 1. The zero-order valence-electron chi connectivity index (χ0n) is 11.9. The van der Waals surface area contributed by atoms with E-state index >= 15 is 0 Å². The Morgan fingerprint density at radius 2 is 2.00 bits per heavy atom. The maximum Gasteiger partial charge on any atom is 0.243 e. The van der Waals surface area contributed by atoms with Crippen molar-refractivity contribution in [2.75, 3.05) is 26.3 Å². The van der Waals surface area contributed by atoms with Gasteiger partial charge >= 0.3 is 0 Å². The summed E-state index contributed by atoms with van der Waals surface area (Å²) in [5.74, 6) is 0. The highest BCUT2D eigenvalue weighted by molar-refractivity contribution is 7.89. The second kappa shape index (κ2) is 5.71. The summed E-state index contributed by atoms with van der Waals surface area (Å²) in [7, 11) is -3.50. The summed E-state index contributed by atoms with van der Waals surface area (Å²) >= 11 is 0. The Labute approximate surface area is 124 Å². The number of fused-ring (bicyclic) bond motifs is 1. The molecule has 1 saturated heterocycles. The van der Waals surface area contributed by atoms with E-state index in [0.717, 1.165) is 17.5 Å². The molecule has 112 valence electrons. The van der Waals surface area contributed by atoms with Crippen molar-refractivity contribution in [3.63, 3.8) is 0 Å². The van der Waals surface area contributed by atoms with E-state index in [4.69, 9.17) is 4.74 Å². The predicted molar refractivity (Wildman–Crippen MR) is 80.7 cm³/mol. The number of hydrogen-bond donors (Lipinski definition) is 0. The van der Waals surface area contributed by atoms with Gasteiger partial charge in [0.25, 0.3) is 0 Å². The molecular weight excluding hydrogens is 288 g/mol. The SMILES string of the molecule is CCc1ccc(S(=O)(=O)N2CCOCC2)c2cccnc12. The van der Waals surface area contributed by atoms with Crippen LogP contribution >= 0.6 is 0 Å². The van der Waals surface area contributed by atoms with E-state index in [0.29, 0.717) is 36.6 Å². The van der Waals surface area contributed by atoms with Crippen LogP contribution in [0.1, 0.15) is 12.5 Å². The molecule has 1 fully saturated rings. The lowest BCUT2D eigenvalue weighted by molar-refractivity contribution is 0.0730. The molecule has 0 amide bonds. The van der Waals surface area contributed by atoms with Crippen LogP contribution in [0.5, 0.6) is 0 Å². The monoisotopic (exact) mass is 306 g/mol. The Balaban J connectivity index is 2.16. The van der Waals surface area contributed by atoms with Crippen molar-refractivity contribution in [3.05, 3.63) is 36.0 Å². The molecule has 2 heterocycles. The van der Waals surface area contributed by atoms with Gasteiger partial charge < -0.3 is 4.74 Å². The molecule has 21 heavy (non-hydrogen) atoms. The van der Waals surface area contributed by atoms with Gasteiger partial charge in [0.2, 0.25) is 10.0 Å². The number of rotatable bonds is 3. The molecule has 1 aromatic carbocycles. The molecule has 0 unspecified atom stereocenters. The fraction of sp³-hybridized carbons (Fsp3) is 0.400. The number of sulfonamides is 1. The van der Waals surface area contributed by atoms with Crippen LogP contribution in [0.2, 0.25) is 0 Å². The van der Waals surface area contributed by atoms with Crippen LogP contribution in [-0.4, -0.2) is 44.0 Å². The molecule has 0 saturated carbocycles. The first kappa shape index (κ1) is 14.4. The van der Waals surface area contributed by atoms with E-state index in [2.05, 4.69) is 4.98 Å². The minimum absolute atomic E-state index is 0.338. The fourth-order valence-corrected chi connectivity index (χ4v) is 4.23. The summed E-state index contributed by atoms with van der Waals surface area (Å²) in [6.45, 7) is 3.74. The molecule has 3 rings (SSSR count). The summed E-state index contributed by atoms with van der Waals surface area (Å²) < 4.78 is 32.4. The molecule has 2 aromatic rings. The van der Waals surface area contributed by atoms with Crippen molar-refractivity contribution < 1.29 is 13.2 Å². The summed E-state index contributed by atoms with van der Waals surface area (Å²) in [4.78, 5) is 4.70. The van der Waals surface area contributed by atoms with Gasteiger partial charge in [0.1, 0.15) is 0 Å². The first-order valence-corrected chi connectivity index (χ1v) is 8.53. The molecule has 1 aliphatic rings. The third kappa shape index (κ3) is 2.54. The molecule has 0 bridgehead atoms. The number of nitrogens with zero attached hydrogens (tertiary/aromatic N) is 2. The average molecular weight is 306 g/mol. The normalized spacial score (nSPS) is 17.2. The van der Waals surface area contributed by atoms with Gasteiger partial charge in [0.05, 0.1) is 23.6 Å². The fourth-order valence-electron chi connectivity index (χ4n) is 2.64. The molecule has 1 aromatic heterocycles. The Bertz CT molecular complexity index is 753. The van der Waals surface area contributed by atoms with Crippen molar-refractivity contribution in [1.82, 2.24) is 9.29 Å². The van der Waals surface area contributed by atoms with E-state index in [9.17, 15) is 8.42 Å². The van der Waals surface area contributed by atoms with Crippen LogP contribution in [0, 0.1) is 0 Å². The van der Waals surface area contributed by atoms with Crippen LogP contribution in [0.25, 0.3) is 10.9 Å². The third-order valence-corrected chi connectivity index (χ3v) is 5.74. The summed E-state index contributed by atoms with van der Waals surface area (Å²) in [5.41, 5.74) is 1.83. The Kier molecular flexibility index (Phi) is 3.93. The van der Waals surface area contributed by atoms with E-state index < -0.39 is 10.0 Å². The second-order valence-electron chi connectivity index (χ2n) is 4.99. The molecule has 0 spiro atoms. The first-order chi connectivity index (χ1) is 10.1. The van der Waals surface area contributed by atoms with E-state index in [-0.39, 0.29) is 0 Å². The third-order valence-electron chi connectivity index (χ3n) is 3.78. The highest BCUT2D eigenvalue weighted by atomic mass is 32.2. The van der Waals surface area contributed by atoms with Crippen molar-refractivity contribution in [2.24, 2.45) is 0 Å². The highest BCUT2D eigenvalue weighted by Crippen LogP contribution is 2.27. The zero-order chi connectivity index (χ0) is 14.9. The molecule has 6 heteroatoms. The molecule has 5 nitrogen and oxygen atoms in total. The zero-order valence-corrected chi connectivity index (χ0v) is 12.8. The predicted octanol–water partition coefficient (Wildman–Crippen LogP) is 1.82. The van der Waals surface area contributed by atoms with Gasteiger partial charge in [0, 0.05) is 24.7 Å². The van der Waals surface area contributed by atoms with Crippen LogP contribution in [0.15, 0.2) is 35.4 Å². The van der Waals surface area contributed by atoms with Gasteiger partial charge in [-0.3, -0.25) is 4.98 Å². The molecular formula is C15H18N2O3S. The van der Waals surface area contributed by atoms with Crippen LogP contribution < -0.4 is 0 Å². The Morgan fingerprint density at radius 3 is 2.71 bits per heavy atom. The smallest absolute Gasteiger partial charge is 0.243 e. The first-order valence-electron chi connectivity index (χ1n) is 7.09. The van der Waals surface area contributed by atoms with Gasteiger partial charge in [-0.1, -0.05) is 13.0 Å². The standard InChI is InChI=1S/C15H18N2O3S/c1-2-12-5-6-14(13-4-3-7-16-15(12)13)21(18,19)17-8-10-20-11-9-17/h3-7H,2,8-11H2,1H3. The molecule has 1 aliphatic heterocycles. The van der Waals surface area contributed by atoms with Gasteiger partial charge in [-0.15, -0.1) is 0 Å². The summed E-state index contributed by atoms with van der Waals surface area (Å²) in [5, 5.41) is 0.698. The highest BCUT2D eigenvalue weighted by Gasteiger charge is 2.28. The number of pyridine rings is 1. The maximum absolute atomic E-state index is 12.8. The van der Waals surface area contributed by atoms with E-state index in [1.165, 1.54) is 4.31 Å². The summed E-state index contributed by atoms with van der Waals surface area (Å²) in [6.07, 6.45) is 2.53. The van der Waals surface area contributed by atoms with Crippen LogP contribution in [0.3, 0.4) is 0 Å². The number of ether oxygens (including phenoxy) is 1. The van der Waals surface area contributed by atoms with Crippen molar-refractivity contribution in [2.45, 2.75) is 18.2 Å². The Hall–Kier alpha value is -1.50.